The van der Waals surface area contributed by atoms with Crippen molar-refractivity contribution in [2.75, 3.05) is 6.54 Å². The molecule has 0 spiro atoms. The minimum absolute atomic E-state index is 0.501. The van der Waals surface area contributed by atoms with E-state index in [2.05, 4.69) is 58.6 Å². The molecule has 0 aliphatic heterocycles. The van der Waals surface area contributed by atoms with Crippen LogP contribution < -0.4 is 10.4 Å². The molecule has 114 valence electrons. The topological polar surface area (TPSA) is 48.8 Å². The summed E-state index contributed by atoms with van der Waals surface area (Å²) in [6.45, 7) is 0.587. The zero-order valence-electron chi connectivity index (χ0n) is 13.1. The zero-order valence-corrected chi connectivity index (χ0v) is 13.1. The second-order valence-electron chi connectivity index (χ2n) is 6.39. The van der Waals surface area contributed by atoms with Crippen molar-refractivity contribution in [2.24, 2.45) is 11.0 Å². The summed E-state index contributed by atoms with van der Waals surface area (Å²) in [4.78, 5) is 2.85. The Balaban J connectivity index is 1.69. The van der Waals surface area contributed by atoms with Crippen LogP contribution in [0.4, 0.5) is 0 Å². The predicted octanol–water partition coefficient (Wildman–Crippen LogP) is 3.79. The number of allylic oxidation sites excluding steroid dienone is 6. The van der Waals surface area contributed by atoms with Crippen molar-refractivity contribution in [1.29, 1.82) is 0 Å². The summed E-state index contributed by atoms with van der Waals surface area (Å²) < 4.78 is 0. The minimum Gasteiger partial charge on any atom is -0.0940 e. The molecule has 0 heterocycles. The molecule has 3 aliphatic rings. The summed E-state index contributed by atoms with van der Waals surface area (Å²) in [5, 5.41) is 6.47. The number of fused-ring (bicyclic) bond motifs is 4. The van der Waals surface area contributed by atoms with Crippen molar-refractivity contribution in [1.82, 2.24) is 0 Å². The van der Waals surface area contributed by atoms with Gasteiger partial charge in [-0.15, -0.1) is 0 Å². The lowest BCUT2D eigenvalue weighted by atomic mass is 9.80. The molecule has 23 heavy (non-hydrogen) atoms. The molecule has 1 aromatic carbocycles. The third-order valence-corrected chi connectivity index (χ3v) is 5.04. The van der Waals surface area contributed by atoms with E-state index in [1.165, 1.54) is 32.7 Å². The maximum Gasteiger partial charge on any atom is 0.0263 e. The Kier molecular flexibility index (Phi) is 3.64. The molecule has 3 heteroatoms. The third kappa shape index (κ3) is 2.54. The Labute approximate surface area is 135 Å². The molecule has 0 unspecified atom stereocenters. The number of azide groups is 1. The Morgan fingerprint density at radius 1 is 1.22 bits per heavy atom. The van der Waals surface area contributed by atoms with Crippen LogP contribution in [0.15, 0.2) is 47.1 Å². The van der Waals surface area contributed by atoms with Crippen LogP contribution in [0.3, 0.4) is 0 Å². The summed E-state index contributed by atoms with van der Waals surface area (Å²) in [5.74, 6) is 0.501. The van der Waals surface area contributed by atoms with Crippen molar-refractivity contribution in [2.45, 2.75) is 25.7 Å². The maximum absolute atomic E-state index is 8.41. The van der Waals surface area contributed by atoms with Gasteiger partial charge >= 0.3 is 0 Å². The van der Waals surface area contributed by atoms with Gasteiger partial charge in [-0.1, -0.05) is 59.3 Å². The first kappa shape index (κ1) is 14.1. The van der Waals surface area contributed by atoms with E-state index in [4.69, 9.17) is 5.53 Å². The minimum atomic E-state index is 0.501. The lowest BCUT2D eigenvalue weighted by molar-refractivity contribution is 0.585. The van der Waals surface area contributed by atoms with Crippen LogP contribution in [0, 0.1) is 5.92 Å². The molecular weight excluding hydrogens is 282 g/mol. The molecule has 0 amide bonds. The highest BCUT2D eigenvalue weighted by Crippen LogP contribution is 2.34. The van der Waals surface area contributed by atoms with Crippen molar-refractivity contribution >= 4 is 17.7 Å². The molecule has 0 saturated carbocycles. The van der Waals surface area contributed by atoms with E-state index in [1.807, 2.05) is 0 Å². The van der Waals surface area contributed by atoms with E-state index in [0.717, 1.165) is 25.7 Å². The average Bonchev–Trinajstić information content (AvgIpc) is 2.61. The summed E-state index contributed by atoms with van der Waals surface area (Å²) in [7, 11) is 0. The second-order valence-corrected chi connectivity index (χ2v) is 6.39. The molecule has 3 aliphatic carbocycles. The quantitative estimate of drug-likeness (QED) is 0.463. The van der Waals surface area contributed by atoms with Gasteiger partial charge in [0.2, 0.25) is 0 Å². The van der Waals surface area contributed by atoms with Gasteiger partial charge in [0.25, 0.3) is 0 Å². The number of nitrogens with zero attached hydrogens (tertiary/aromatic N) is 3. The maximum atomic E-state index is 8.41. The van der Waals surface area contributed by atoms with Crippen molar-refractivity contribution in [3.05, 3.63) is 74.0 Å². The van der Waals surface area contributed by atoms with E-state index in [0.29, 0.717) is 12.5 Å². The van der Waals surface area contributed by atoms with Crippen molar-refractivity contribution in [3.8, 4) is 0 Å². The molecule has 1 atom stereocenters. The lowest BCUT2D eigenvalue weighted by Crippen LogP contribution is -2.34. The van der Waals surface area contributed by atoms with Crippen LogP contribution in [0.25, 0.3) is 28.2 Å². The van der Waals surface area contributed by atoms with Crippen molar-refractivity contribution < 1.29 is 0 Å². The largest absolute Gasteiger partial charge is 0.0940 e. The molecule has 0 bridgehead atoms. The monoisotopic (exact) mass is 301 g/mol. The van der Waals surface area contributed by atoms with Gasteiger partial charge in [0.1, 0.15) is 0 Å². The van der Waals surface area contributed by atoms with Gasteiger partial charge in [0.05, 0.1) is 0 Å². The Bertz CT molecular complexity index is 909. The summed E-state index contributed by atoms with van der Waals surface area (Å²) >= 11 is 0. The highest BCUT2D eigenvalue weighted by atomic mass is 15.1. The molecule has 4 rings (SSSR count). The second kappa shape index (κ2) is 5.94. The molecule has 0 fully saturated rings. The van der Waals surface area contributed by atoms with Crippen LogP contribution >= 0.6 is 0 Å². The van der Waals surface area contributed by atoms with Gasteiger partial charge in [-0.3, -0.25) is 0 Å². The van der Waals surface area contributed by atoms with Crippen LogP contribution in [0.5, 0.6) is 0 Å². The molecule has 0 N–H and O–H groups in total. The predicted molar refractivity (Wildman–Crippen MR) is 94.9 cm³/mol. The van der Waals surface area contributed by atoms with Gasteiger partial charge in [-0.25, -0.2) is 0 Å². The number of benzene rings is 1. The Hall–Kier alpha value is -2.51. The first-order valence-corrected chi connectivity index (χ1v) is 8.27. The van der Waals surface area contributed by atoms with Gasteiger partial charge in [0.15, 0.2) is 0 Å². The van der Waals surface area contributed by atoms with Gasteiger partial charge in [-0.05, 0) is 64.3 Å². The standard InChI is InChI=1S/C20H19N3/c21-23-22-12-11-14-5-8-18-16(13-14)7-10-19-17-4-2-1-3-15(17)6-9-20(18)19/h1-2,4-6,8-10,14H,3,7,11-13H2/t14-/m1/s1. The molecule has 0 aromatic heterocycles. The SMILES string of the molecule is [N-]=[N+]=NCC[C@H]1C=CC2=C(CC=c3c2ccc2c3=CC=CC2)C1. The summed E-state index contributed by atoms with van der Waals surface area (Å²) in [6.07, 6.45) is 17.7. The average molecular weight is 301 g/mol. The molecule has 1 aromatic rings. The summed E-state index contributed by atoms with van der Waals surface area (Å²) in [5.41, 5.74) is 14.1. The van der Waals surface area contributed by atoms with Crippen LogP contribution in [0.1, 0.15) is 30.4 Å². The first-order chi connectivity index (χ1) is 11.4. The van der Waals surface area contributed by atoms with Gasteiger partial charge in [0, 0.05) is 11.5 Å². The normalized spacial score (nSPS) is 20.6. The van der Waals surface area contributed by atoms with Crippen LogP contribution in [-0.4, -0.2) is 6.54 Å². The fraction of sp³-hybridized carbons (Fsp3) is 0.300. The van der Waals surface area contributed by atoms with E-state index in [1.54, 1.807) is 0 Å². The fourth-order valence-electron chi connectivity index (χ4n) is 3.88. The lowest BCUT2D eigenvalue weighted by Gasteiger charge is -2.25. The van der Waals surface area contributed by atoms with Crippen LogP contribution in [-0.2, 0) is 6.42 Å². The molecule has 0 radical (unpaired) electrons. The molecule has 3 nitrogen and oxygen atoms in total. The van der Waals surface area contributed by atoms with E-state index in [9.17, 15) is 0 Å². The van der Waals surface area contributed by atoms with E-state index in [-0.39, 0.29) is 0 Å². The zero-order chi connectivity index (χ0) is 15.6. The first-order valence-electron chi connectivity index (χ1n) is 8.27. The van der Waals surface area contributed by atoms with E-state index < -0.39 is 0 Å². The van der Waals surface area contributed by atoms with Gasteiger partial charge in [-0.2, -0.15) is 0 Å². The Morgan fingerprint density at radius 3 is 3.09 bits per heavy atom. The highest BCUT2D eigenvalue weighted by Gasteiger charge is 2.20. The smallest absolute Gasteiger partial charge is 0.0263 e. The number of rotatable bonds is 3. The highest BCUT2D eigenvalue weighted by molar-refractivity contribution is 5.82. The fourth-order valence-corrected chi connectivity index (χ4v) is 3.88. The molecule has 0 saturated heterocycles. The Morgan fingerprint density at radius 2 is 2.17 bits per heavy atom. The van der Waals surface area contributed by atoms with Gasteiger partial charge < -0.3 is 0 Å². The van der Waals surface area contributed by atoms with Crippen molar-refractivity contribution in [3.63, 3.8) is 0 Å². The summed E-state index contributed by atoms with van der Waals surface area (Å²) in [6, 6.07) is 4.57. The number of hydrogen-bond acceptors (Lipinski definition) is 1. The van der Waals surface area contributed by atoms with E-state index >= 15 is 0 Å². The third-order valence-electron chi connectivity index (χ3n) is 5.04. The number of hydrogen-bond donors (Lipinski definition) is 0. The van der Waals surface area contributed by atoms with Crippen LogP contribution in [0.2, 0.25) is 0 Å². The molecular formula is C20H19N3.